The Morgan fingerprint density at radius 1 is 1.00 bits per heavy atom. The molecule has 1 aliphatic heterocycles. The number of ether oxygens (including phenoxy) is 3. The van der Waals surface area contributed by atoms with Gasteiger partial charge in [-0.3, -0.25) is 9.59 Å². The van der Waals surface area contributed by atoms with Gasteiger partial charge in [0.05, 0.1) is 38.7 Å². The summed E-state index contributed by atoms with van der Waals surface area (Å²) in [7, 11) is 4.16. The lowest BCUT2D eigenvalue weighted by Gasteiger charge is -2.24. The van der Waals surface area contributed by atoms with E-state index in [9.17, 15) is 24.6 Å². The minimum absolute atomic E-state index is 0.0189. The van der Waals surface area contributed by atoms with Crippen LogP contribution in [0.1, 0.15) is 35.4 Å². The molecule has 0 radical (unpaired) electrons. The van der Waals surface area contributed by atoms with Crippen molar-refractivity contribution in [3.8, 4) is 34.1 Å². The quantitative estimate of drug-likeness (QED) is 0.204. The van der Waals surface area contributed by atoms with Gasteiger partial charge in [-0.25, -0.2) is 4.79 Å². The lowest BCUT2D eigenvalue weighted by Crippen LogP contribution is -2.30. The maximum absolute atomic E-state index is 14.0. The number of para-hydroxylation sites is 1. The van der Waals surface area contributed by atoms with Gasteiger partial charge < -0.3 is 33.4 Å². The van der Waals surface area contributed by atoms with Gasteiger partial charge in [-0.1, -0.05) is 24.3 Å². The third-order valence-corrected chi connectivity index (χ3v) is 8.11. The fraction of sp³-hybridized carbons (Fsp3) is 0.242. The number of pyridine rings is 1. The van der Waals surface area contributed by atoms with E-state index in [1.165, 1.54) is 39.5 Å². The molecule has 0 amide bonds. The first-order valence-corrected chi connectivity index (χ1v) is 13.7. The van der Waals surface area contributed by atoms with Gasteiger partial charge in [0, 0.05) is 23.6 Å². The highest BCUT2D eigenvalue weighted by molar-refractivity contribution is 5.94. The molecule has 3 aromatic carbocycles. The molecule has 10 nitrogen and oxygen atoms in total. The number of methoxy groups -OCH3 is 3. The van der Waals surface area contributed by atoms with Crippen molar-refractivity contribution in [2.24, 2.45) is 0 Å². The number of aromatic hydroxyl groups is 2. The van der Waals surface area contributed by atoms with Crippen LogP contribution in [0.3, 0.4) is 0 Å². The van der Waals surface area contributed by atoms with E-state index in [-0.39, 0.29) is 45.4 Å². The van der Waals surface area contributed by atoms with E-state index in [0.717, 1.165) is 29.3 Å². The van der Waals surface area contributed by atoms with Gasteiger partial charge in [-0.05, 0) is 59.7 Å². The lowest BCUT2D eigenvalue weighted by molar-refractivity contribution is -0.140. The molecule has 2 aromatic heterocycles. The number of carbonyl (C=O) groups excluding carboxylic acids is 1. The van der Waals surface area contributed by atoms with Gasteiger partial charge in [-0.2, -0.15) is 0 Å². The summed E-state index contributed by atoms with van der Waals surface area (Å²) < 4.78 is 23.1. The molecule has 0 bridgehead atoms. The van der Waals surface area contributed by atoms with Gasteiger partial charge in [0.25, 0.3) is 5.56 Å². The van der Waals surface area contributed by atoms with Crippen LogP contribution in [0.5, 0.6) is 23.0 Å². The Bertz CT molecular complexity index is 2040. The van der Waals surface area contributed by atoms with Crippen LogP contribution in [0.15, 0.2) is 68.6 Å². The first-order valence-electron chi connectivity index (χ1n) is 13.7. The van der Waals surface area contributed by atoms with Gasteiger partial charge in [0.2, 0.25) is 0 Å². The van der Waals surface area contributed by atoms with Gasteiger partial charge in [0.1, 0.15) is 22.6 Å². The average Bonchev–Trinajstić information content (AvgIpc) is 3.01. The summed E-state index contributed by atoms with van der Waals surface area (Å²) in [6.45, 7) is 0.497. The number of rotatable bonds is 7. The molecule has 5 aromatic rings. The normalized spacial score (nSPS) is 13.2. The molecule has 10 heteroatoms. The molecule has 2 N–H and O–H groups in total. The number of carbonyl (C=O) groups is 1. The van der Waals surface area contributed by atoms with Crippen molar-refractivity contribution in [1.29, 1.82) is 0 Å². The molecule has 43 heavy (non-hydrogen) atoms. The summed E-state index contributed by atoms with van der Waals surface area (Å²) in [6.07, 6.45) is 1.29. The number of fused-ring (bicyclic) bond motifs is 1. The zero-order valence-corrected chi connectivity index (χ0v) is 23.8. The van der Waals surface area contributed by atoms with E-state index < -0.39 is 23.3 Å². The van der Waals surface area contributed by atoms with E-state index in [4.69, 9.17) is 18.6 Å². The zero-order valence-electron chi connectivity index (χ0n) is 23.8. The molecular formula is C33H29NO9. The molecule has 0 spiro atoms. The topological polar surface area (TPSA) is 137 Å². The maximum atomic E-state index is 14.0. The predicted molar refractivity (Wildman–Crippen MR) is 159 cm³/mol. The molecule has 3 heterocycles. The third kappa shape index (κ3) is 4.55. The molecule has 0 fully saturated rings. The number of esters is 1. The molecule has 220 valence electrons. The van der Waals surface area contributed by atoms with E-state index >= 15 is 0 Å². The van der Waals surface area contributed by atoms with Gasteiger partial charge in [-0.15, -0.1) is 0 Å². The number of hydrogen-bond donors (Lipinski definition) is 2. The van der Waals surface area contributed by atoms with Crippen LogP contribution in [0.25, 0.3) is 33.0 Å². The number of phenolic OH excluding ortho intramolecular Hbond substituents is 1. The number of phenols is 1. The molecule has 1 unspecified atom stereocenters. The number of aromatic nitrogens is 1. The van der Waals surface area contributed by atoms with E-state index in [1.54, 1.807) is 22.8 Å². The van der Waals surface area contributed by atoms with Crippen LogP contribution in [-0.2, 0) is 22.5 Å². The Morgan fingerprint density at radius 2 is 1.79 bits per heavy atom. The number of nitrogens with zero attached hydrogens (tertiary/aromatic N) is 1. The highest BCUT2D eigenvalue weighted by Crippen LogP contribution is 2.44. The minimum Gasteiger partial charge on any atom is -0.508 e. The molecule has 1 atom stereocenters. The van der Waals surface area contributed by atoms with Crippen LogP contribution in [0, 0.1) is 0 Å². The zero-order chi connectivity index (χ0) is 30.4. The van der Waals surface area contributed by atoms with Crippen molar-refractivity contribution in [2.75, 3.05) is 21.3 Å². The smallest absolute Gasteiger partial charge is 0.347 e. The Balaban J connectivity index is 1.62. The van der Waals surface area contributed by atoms with Crippen molar-refractivity contribution in [1.82, 2.24) is 4.57 Å². The highest BCUT2D eigenvalue weighted by Gasteiger charge is 2.31. The molecule has 0 saturated carbocycles. The van der Waals surface area contributed by atoms with E-state index in [2.05, 4.69) is 0 Å². The van der Waals surface area contributed by atoms with Gasteiger partial charge in [0.15, 0.2) is 11.5 Å². The fourth-order valence-corrected chi connectivity index (χ4v) is 6.10. The van der Waals surface area contributed by atoms with Crippen molar-refractivity contribution in [2.45, 2.75) is 31.7 Å². The van der Waals surface area contributed by atoms with Crippen molar-refractivity contribution >= 4 is 27.8 Å². The summed E-state index contributed by atoms with van der Waals surface area (Å²) in [5.74, 6) is -1.63. The summed E-state index contributed by atoms with van der Waals surface area (Å²) in [5.41, 5.74) is 0.971. The molecule has 6 rings (SSSR count). The Hall–Kier alpha value is -5.25. The van der Waals surface area contributed by atoms with Crippen molar-refractivity contribution < 1.29 is 33.6 Å². The van der Waals surface area contributed by atoms with Crippen LogP contribution in [0.2, 0.25) is 0 Å². The summed E-state index contributed by atoms with van der Waals surface area (Å²) in [6, 6.07) is 15.0. The summed E-state index contributed by atoms with van der Waals surface area (Å²) >= 11 is 0. The van der Waals surface area contributed by atoms with Crippen LogP contribution in [-0.4, -0.2) is 42.1 Å². The first kappa shape index (κ1) is 27.9. The summed E-state index contributed by atoms with van der Waals surface area (Å²) in [5, 5.41) is 23.5. The average molecular weight is 584 g/mol. The second-order valence-electron chi connectivity index (χ2n) is 10.4. The maximum Gasteiger partial charge on any atom is 0.347 e. The summed E-state index contributed by atoms with van der Waals surface area (Å²) in [4.78, 5) is 40.2. The monoisotopic (exact) mass is 583 g/mol. The number of hydrogen-bond acceptors (Lipinski definition) is 9. The molecule has 1 aliphatic rings. The predicted octanol–water partition coefficient (Wildman–Crippen LogP) is 4.84. The Morgan fingerprint density at radius 3 is 2.53 bits per heavy atom. The molecule has 0 saturated heterocycles. The van der Waals surface area contributed by atoms with E-state index in [1.807, 2.05) is 18.2 Å². The third-order valence-electron chi connectivity index (χ3n) is 8.11. The largest absolute Gasteiger partial charge is 0.508 e. The Labute approximate surface area is 245 Å². The second-order valence-corrected chi connectivity index (χ2v) is 10.4. The second kappa shape index (κ2) is 10.9. The standard InChI is InChI=1S/C33H29NO9/c1-40-24-12-9-18(15-25(24)41-2)27-30(37)20-10-11-23(35)28(31(20)43-33(27)39)21(16-26(36)42-3)22-14-19-7-4-6-17-8-5-13-34(29(17)19)32(22)38/h4,6-7,9-12,14-15,21,35,37H,5,8,13,16H2,1-3H3. The Kier molecular flexibility index (Phi) is 7.05. The van der Waals surface area contributed by atoms with Crippen molar-refractivity contribution in [3.05, 3.63) is 92.1 Å². The fourth-order valence-electron chi connectivity index (χ4n) is 6.10. The van der Waals surface area contributed by atoms with Crippen LogP contribution < -0.4 is 20.7 Å². The first-order chi connectivity index (χ1) is 20.8. The van der Waals surface area contributed by atoms with Crippen LogP contribution >= 0.6 is 0 Å². The SMILES string of the molecule is COC(=O)CC(c1cc2cccc3c2n(c1=O)CCC3)c1c(O)ccc2c(O)c(-c3ccc(OC)c(OC)c3)c(=O)oc12. The molecule has 0 aliphatic carbocycles. The highest BCUT2D eigenvalue weighted by atomic mass is 16.5. The minimum atomic E-state index is -1.06. The van der Waals surface area contributed by atoms with Crippen molar-refractivity contribution in [3.63, 3.8) is 0 Å². The van der Waals surface area contributed by atoms with Crippen LogP contribution in [0.4, 0.5) is 0 Å². The lowest BCUT2D eigenvalue weighted by atomic mass is 9.85. The van der Waals surface area contributed by atoms with E-state index in [0.29, 0.717) is 23.6 Å². The number of aryl methyl sites for hydroxylation is 2. The van der Waals surface area contributed by atoms with Gasteiger partial charge >= 0.3 is 11.6 Å². The number of benzene rings is 3. The molecular weight excluding hydrogens is 554 g/mol.